The Hall–Kier alpha value is -2.05. The molecule has 7 heteroatoms. The standard InChI is InChI=1S/C11H15N5O2/c12-11(13)14-8-4-3-7-9(17)15-5-1-2-6(15)10(18)16(7)8/h2,7-8H,1,3-5H2,(H4,12,13,14)/t7-,8-/m0/s1. The average molecular weight is 249 g/mol. The van der Waals surface area contributed by atoms with Crippen LogP contribution in [0.3, 0.4) is 0 Å². The largest absolute Gasteiger partial charge is 0.370 e. The van der Waals surface area contributed by atoms with E-state index in [0.29, 0.717) is 25.1 Å². The van der Waals surface area contributed by atoms with Crippen LogP contribution in [0.5, 0.6) is 0 Å². The van der Waals surface area contributed by atoms with Crippen molar-refractivity contribution >= 4 is 17.8 Å². The molecule has 18 heavy (non-hydrogen) atoms. The number of piperazine rings is 1. The van der Waals surface area contributed by atoms with Gasteiger partial charge < -0.3 is 21.3 Å². The first-order valence-electron chi connectivity index (χ1n) is 6.02. The summed E-state index contributed by atoms with van der Waals surface area (Å²) in [6.07, 6.45) is 3.39. The minimum Gasteiger partial charge on any atom is -0.370 e. The van der Waals surface area contributed by atoms with Gasteiger partial charge in [-0.1, -0.05) is 6.08 Å². The average Bonchev–Trinajstić information content (AvgIpc) is 2.91. The van der Waals surface area contributed by atoms with Crippen molar-refractivity contribution in [2.75, 3.05) is 6.54 Å². The number of fused-ring (bicyclic) bond motifs is 2. The van der Waals surface area contributed by atoms with Crippen molar-refractivity contribution in [1.29, 1.82) is 0 Å². The van der Waals surface area contributed by atoms with Gasteiger partial charge in [-0.2, -0.15) is 0 Å². The summed E-state index contributed by atoms with van der Waals surface area (Å²) in [4.78, 5) is 31.7. The Balaban J connectivity index is 1.96. The Morgan fingerprint density at radius 3 is 2.83 bits per heavy atom. The number of carbonyl (C=O) groups excluding carboxylic acids is 2. The molecule has 0 aromatic carbocycles. The molecule has 0 unspecified atom stereocenters. The van der Waals surface area contributed by atoms with Crippen LogP contribution in [-0.2, 0) is 9.59 Å². The quantitative estimate of drug-likeness (QED) is 0.445. The van der Waals surface area contributed by atoms with Gasteiger partial charge in [0.1, 0.15) is 17.9 Å². The van der Waals surface area contributed by atoms with Crippen LogP contribution < -0.4 is 11.5 Å². The molecule has 0 spiro atoms. The van der Waals surface area contributed by atoms with Gasteiger partial charge in [-0.15, -0.1) is 0 Å². The molecule has 3 aliphatic rings. The van der Waals surface area contributed by atoms with E-state index in [1.54, 1.807) is 11.0 Å². The minimum absolute atomic E-state index is 0.00774. The third-order valence-electron chi connectivity index (χ3n) is 3.64. The van der Waals surface area contributed by atoms with Crippen molar-refractivity contribution in [3.8, 4) is 0 Å². The van der Waals surface area contributed by atoms with Gasteiger partial charge >= 0.3 is 0 Å². The maximum Gasteiger partial charge on any atom is 0.272 e. The lowest BCUT2D eigenvalue weighted by molar-refractivity contribution is -0.149. The number of aliphatic imine (C=N–C) groups is 1. The van der Waals surface area contributed by atoms with Gasteiger partial charge in [-0.05, 0) is 19.3 Å². The van der Waals surface area contributed by atoms with Crippen molar-refractivity contribution in [1.82, 2.24) is 9.80 Å². The summed E-state index contributed by atoms with van der Waals surface area (Å²) in [7, 11) is 0. The summed E-state index contributed by atoms with van der Waals surface area (Å²) in [5.74, 6) is -0.194. The fraction of sp³-hybridized carbons (Fsp3) is 0.545. The van der Waals surface area contributed by atoms with Crippen LogP contribution in [0.4, 0.5) is 0 Å². The summed E-state index contributed by atoms with van der Waals surface area (Å²) in [6, 6.07) is -0.402. The van der Waals surface area contributed by atoms with Gasteiger partial charge in [0.2, 0.25) is 5.91 Å². The summed E-state index contributed by atoms with van der Waals surface area (Å²) in [6.45, 7) is 0.608. The lowest BCUT2D eigenvalue weighted by Gasteiger charge is -2.37. The lowest BCUT2D eigenvalue weighted by atomic mass is 10.1. The second-order valence-corrected chi connectivity index (χ2v) is 4.71. The first kappa shape index (κ1) is 11.1. The first-order chi connectivity index (χ1) is 8.59. The smallest absolute Gasteiger partial charge is 0.272 e. The van der Waals surface area contributed by atoms with Crippen molar-refractivity contribution in [2.24, 2.45) is 16.5 Å². The van der Waals surface area contributed by atoms with Crippen LogP contribution in [0.25, 0.3) is 0 Å². The highest BCUT2D eigenvalue weighted by Gasteiger charge is 2.50. The molecule has 0 saturated carbocycles. The van der Waals surface area contributed by atoms with Crippen LogP contribution in [0.15, 0.2) is 16.8 Å². The maximum atomic E-state index is 12.3. The third-order valence-corrected chi connectivity index (χ3v) is 3.64. The molecule has 3 heterocycles. The van der Waals surface area contributed by atoms with Crippen molar-refractivity contribution in [2.45, 2.75) is 31.5 Å². The molecular formula is C11H15N5O2. The molecule has 2 saturated heterocycles. The van der Waals surface area contributed by atoms with Gasteiger partial charge in [-0.25, -0.2) is 4.99 Å². The molecule has 3 rings (SSSR count). The fourth-order valence-electron chi connectivity index (χ4n) is 2.92. The lowest BCUT2D eigenvalue weighted by Crippen LogP contribution is -2.56. The van der Waals surface area contributed by atoms with Crippen LogP contribution in [0.2, 0.25) is 0 Å². The predicted molar refractivity (Wildman–Crippen MR) is 63.9 cm³/mol. The van der Waals surface area contributed by atoms with E-state index in [1.807, 2.05) is 0 Å². The zero-order valence-corrected chi connectivity index (χ0v) is 9.87. The summed E-state index contributed by atoms with van der Waals surface area (Å²) >= 11 is 0. The Bertz CT molecular complexity index is 480. The zero-order chi connectivity index (χ0) is 12.9. The van der Waals surface area contributed by atoms with Gasteiger partial charge in [0.15, 0.2) is 5.96 Å². The molecule has 2 fully saturated rings. The van der Waals surface area contributed by atoms with Gasteiger partial charge in [0, 0.05) is 6.54 Å². The maximum absolute atomic E-state index is 12.3. The van der Waals surface area contributed by atoms with Crippen LogP contribution in [0, 0.1) is 0 Å². The molecule has 0 aliphatic carbocycles. The Labute approximate surface area is 104 Å². The van der Waals surface area contributed by atoms with Gasteiger partial charge in [-0.3, -0.25) is 9.59 Å². The fourth-order valence-corrected chi connectivity index (χ4v) is 2.92. The molecule has 2 amide bonds. The normalized spacial score (nSPS) is 30.1. The number of amides is 2. The molecule has 0 aromatic rings. The Kier molecular flexibility index (Phi) is 2.29. The van der Waals surface area contributed by atoms with E-state index in [0.717, 1.165) is 6.42 Å². The summed E-state index contributed by atoms with van der Waals surface area (Å²) < 4.78 is 0. The molecular weight excluding hydrogens is 234 g/mol. The Morgan fingerprint density at radius 1 is 1.33 bits per heavy atom. The minimum atomic E-state index is -0.403. The SMILES string of the molecule is NC(N)=N[C@@H]1CC[C@H]2C(=O)N3CCC=C3C(=O)N12. The number of hydrogen-bond donors (Lipinski definition) is 2. The third kappa shape index (κ3) is 1.40. The van der Waals surface area contributed by atoms with Crippen molar-refractivity contribution in [3.63, 3.8) is 0 Å². The van der Waals surface area contributed by atoms with Crippen molar-refractivity contribution in [3.05, 3.63) is 11.8 Å². The number of hydrogen-bond acceptors (Lipinski definition) is 3. The second-order valence-electron chi connectivity index (χ2n) is 4.71. The van der Waals surface area contributed by atoms with Gasteiger partial charge in [0.25, 0.3) is 5.91 Å². The first-order valence-corrected chi connectivity index (χ1v) is 6.02. The highest BCUT2D eigenvalue weighted by Crippen LogP contribution is 2.35. The second kappa shape index (κ2) is 3.72. The highest BCUT2D eigenvalue weighted by molar-refractivity contribution is 6.05. The van der Waals surface area contributed by atoms with E-state index >= 15 is 0 Å². The molecule has 4 N–H and O–H groups in total. The summed E-state index contributed by atoms with van der Waals surface area (Å²) in [5.41, 5.74) is 11.2. The van der Waals surface area contributed by atoms with E-state index < -0.39 is 12.2 Å². The van der Waals surface area contributed by atoms with E-state index in [-0.39, 0.29) is 17.8 Å². The molecule has 2 atom stereocenters. The summed E-state index contributed by atoms with van der Waals surface area (Å²) in [5, 5.41) is 0. The van der Waals surface area contributed by atoms with E-state index in [1.165, 1.54) is 4.90 Å². The molecule has 0 aromatic heterocycles. The van der Waals surface area contributed by atoms with Gasteiger partial charge in [0.05, 0.1) is 0 Å². The van der Waals surface area contributed by atoms with E-state index in [4.69, 9.17) is 11.5 Å². The van der Waals surface area contributed by atoms with Crippen LogP contribution in [-0.4, -0.2) is 46.3 Å². The predicted octanol–water partition coefficient (Wildman–Crippen LogP) is -1.29. The monoisotopic (exact) mass is 249 g/mol. The molecule has 0 bridgehead atoms. The van der Waals surface area contributed by atoms with Crippen LogP contribution >= 0.6 is 0 Å². The topological polar surface area (TPSA) is 105 Å². The van der Waals surface area contributed by atoms with Crippen LogP contribution in [0.1, 0.15) is 19.3 Å². The van der Waals surface area contributed by atoms with Crippen molar-refractivity contribution < 1.29 is 9.59 Å². The zero-order valence-electron chi connectivity index (χ0n) is 9.87. The highest BCUT2D eigenvalue weighted by atomic mass is 16.2. The van der Waals surface area contributed by atoms with E-state index in [2.05, 4.69) is 4.99 Å². The number of carbonyl (C=O) groups is 2. The number of nitrogens with zero attached hydrogens (tertiary/aromatic N) is 3. The number of guanidine groups is 1. The molecule has 0 radical (unpaired) electrons. The molecule has 96 valence electrons. The number of nitrogens with two attached hydrogens (primary N) is 2. The Morgan fingerprint density at radius 2 is 2.11 bits per heavy atom. The molecule has 7 nitrogen and oxygen atoms in total. The van der Waals surface area contributed by atoms with E-state index in [9.17, 15) is 9.59 Å². The molecule has 3 aliphatic heterocycles. The number of rotatable bonds is 1.